The molecular formula is C15H16N2OS. The van der Waals surface area contributed by atoms with Crippen molar-refractivity contribution in [1.82, 2.24) is 9.88 Å². The van der Waals surface area contributed by atoms with Crippen LogP contribution in [0, 0.1) is 0 Å². The number of amides is 1. The summed E-state index contributed by atoms with van der Waals surface area (Å²) in [6.45, 7) is 0.581. The van der Waals surface area contributed by atoms with Gasteiger partial charge in [0.15, 0.2) is 0 Å². The van der Waals surface area contributed by atoms with E-state index in [0.717, 1.165) is 16.0 Å². The largest absolute Gasteiger partial charge is 0.341 e. The lowest BCUT2D eigenvalue weighted by Crippen LogP contribution is -2.27. The molecule has 0 aliphatic rings. The van der Waals surface area contributed by atoms with Crippen LogP contribution in [0.25, 0.3) is 0 Å². The van der Waals surface area contributed by atoms with Gasteiger partial charge in [0.25, 0.3) is 0 Å². The second-order valence-electron chi connectivity index (χ2n) is 4.45. The molecule has 1 heterocycles. The summed E-state index contributed by atoms with van der Waals surface area (Å²) in [5.41, 5.74) is 2.03. The zero-order valence-electron chi connectivity index (χ0n) is 10.8. The second-order valence-corrected chi connectivity index (χ2v) is 4.97. The molecule has 19 heavy (non-hydrogen) atoms. The van der Waals surface area contributed by atoms with Crippen molar-refractivity contribution >= 4 is 18.5 Å². The maximum absolute atomic E-state index is 12.1. The highest BCUT2D eigenvalue weighted by Crippen LogP contribution is 2.10. The molecule has 0 atom stereocenters. The summed E-state index contributed by atoms with van der Waals surface area (Å²) in [4.78, 5) is 18.7. The molecule has 0 radical (unpaired) electrons. The third kappa shape index (κ3) is 4.10. The van der Waals surface area contributed by atoms with Crippen LogP contribution in [-0.2, 0) is 17.8 Å². The summed E-state index contributed by atoms with van der Waals surface area (Å²) in [5, 5.41) is 0. The number of hydrogen-bond acceptors (Lipinski definition) is 3. The topological polar surface area (TPSA) is 33.2 Å². The van der Waals surface area contributed by atoms with E-state index in [-0.39, 0.29) is 5.91 Å². The van der Waals surface area contributed by atoms with Crippen LogP contribution in [0.3, 0.4) is 0 Å². The van der Waals surface area contributed by atoms with Crippen molar-refractivity contribution in [2.24, 2.45) is 0 Å². The lowest BCUT2D eigenvalue weighted by atomic mass is 10.1. The van der Waals surface area contributed by atoms with Crippen LogP contribution in [0.5, 0.6) is 0 Å². The van der Waals surface area contributed by atoms with Crippen molar-refractivity contribution in [2.75, 3.05) is 7.05 Å². The van der Waals surface area contributed by atoms with Gasteiger partial charge in [-0.25, -0.2) is 0 Å². The SMILES string of the molecule is CN(Cc1cccnc1)C(=O)Cc1ccc(S)cc1. The number of rotatable bonds is 4. The van der Waals surface area contributed by atoms with Crippen molar-refractivity contribution in [3.8, 4) is 0 Å². The fourth-order valence-electron chi connectivity index (χ4n) is 1.78. The quantitative estimate of drug-likeness (QED) is 0.868. The van der Waals surface area contributed by atoms with Crippen molar-refractivity contribution in [1.29, 1.82) is 0 Å². The normalized spacial score (nSPS) is 10.2. The molecule has 0 aliphatic heterocycles. The summed E-state index contributed by atoms with van der Waals surface area (Å²) in [5.74, 6) is 0.0933. The average molecular weight is 272 g/mol. The van der Waals surface area contributed by atoms with Crippen LogP contribution in [0.1, 0.15) is 11.1 Å². The minimum Gasteiger partial charge on any atom is -0.341 e. The Morgan fingerprint density at radius 2 is 1.95 bits per heavy atom. The Balaban J connectivity index is 1.94. The number of pyridine rings is 1. The summed E-state index contributed by atoms with van der Waals surface area (Å²) < 4.78 is 0. The smallest absolute Gasteiger partial charge is 0.227 e. The van der Waals surface area contributed by atoms with Crippen molar-refractivity contribution < 1.29 is 4.79 Å². The molecule has 4 heteroatoms. The molecule has 0 saturated heterocycles. The lowest BCUT2D eigenvalue weighted by molar-refractivity contribution is -0.129. The monoisotopic (exact) mass is 272 g/mol. The first-order valence-corrected chi connectivity index (χ1v) is 6.50. The Bertz CT molecular complexity index is 540. The van der Waals surface area contributed by atoms with Crippen LogP contribution in [0.2, 0.25) is 0 Å². The molecule has 2 aromatic rings. The van der Waals surface area contributed by atoms with E-state index in [0.29, 0.717) is 13.0 Å². The van der Waals surface area contributed by atoms with Gasteiger partial charge in [0.2, 0.25) is 5.91 Å². The zero-order valence-corrected chi connectivity index (χ0v) is 11.7. The van der Waals surface area contributed by atoms with Crippen LogP contribution in [0.4, 0.5) is 0 Å². The van der Waals surface area contributed by atoms with E-state index in [9.17, 15) is 4.79 Å². The third-order valence-corrected chi connectivity index (χ3v) is 3.16. The van der Waals surface area contributed by atoms with Crippen molar-refractivity contribution in [3.63, 3.8) is 0 Å². The first kappa shape index (κ1) is 13.6. The molecular weight excluding hydrogens is 256 g/mol. The highest BCUT2D eigenvalue weighted by atomic mass is 32.1. The molecule has 1 amide bonds. The summed E-state index contributed by atoms with van der Waals surface area (Å²) in [7, 11) is 1.81. The predicted molar refractivity (Wildman–Crippen MR) is 78.1 cm³/mol. The number of carbonyl (C=O) groups is 1. The Hall–Kier alpha value is -1.81. The van der Waals surface area contributed by atoms with E-state index in [2.05, 4.69) is 17.6 Å². The van der Waals surface area contributed by atoms with Crippen LogP contribution in [-0.4, -0.2) is 22.8 Å². The van der Waals surface area contributed by atoms with E-state index in [1.165, 1.54) is 0 Å². The molecule has 0 saturated carbocycles. The van der Waals surface area contributed by atoms with Gasteiger partial charge in [-0.2, -0.15) is 0 Å². The number of nitrogens with zero attached hydrogens (tertiary/aromatic N) is 2. The molecule has 0 aliphatic carbocycles. The van der Waals surface area contributed by atoms with Crippen molar-refractivity contribution in [2.45, 2.75) is 17.9 Å². The highest BCUT2D eigenvalue weighted by Gasteiger charge is 2.10. The first-order chi connectivity index (χ1) is 9.15. The van der Waals surface area contributed by atoms with Gasteiger partial charge >= 0.3 is 0 Å². The predicted octanol–water partition coefficient (Wildman–Crippen LogP) is 2.57. The maximum atomic E-state index is 12.1. The van der Waals surface area contributed by atoms with Gasteiger partial charge in [0.05, 0.1) is 6.42 Å². The zero-order chi connectivity index (χ0) is 13.7. The van der Waals surface area contributed by atoms with Gasteiger partial charge in [-0.15, -0.1) is 12.6 Å². The molecule has 1 aromatic carbocycles. The van der Waals surface area contributed by atoms with E-state index in [4.69, 9.17) is 0 Å². The van der Waals surface area contributed by atoms with Crippen molar-refractivity contribution in [3.05, 3.63) is 59.9 Å². The number of likely N-dealkylation sites (N-methyl/N-ethyl adjacent to an activating group) is 1. The van der Waals surface area contributed by atoms with Gasteiger partial charge < -0.3 is 4.90 Å². The Labute approximate surface area is 118 Å². The number of carbonyl (C=O) groups excluding carboxylic acids is 1. The molecule has 3 nitrogen and oxygen atoms in total. The number of hydrogen-bond donors (Lipinski definition) is 1. The van der Waals surface area contributed by atoms with Gasteiger partial charge in [-0.05, 0) is 29.3 Å². The van der Waals surface area contributed by atoms with E-state index in [1.807, 2.05) is 43.4 Å². The molecule has 2 rings (SSSR count). The summed E-state index contributed by atoms with van der Waals surface area (Å²) >= 11 is 4.23. The first-order valence-electron chi connectivity index (χ1n) is 6.06. The van der Waals surface area contributed by atoms with Crippen LogP contribution in [0.15, 0.2) is 53.7 Å². The number of aromatic nitrogens is 1. The molecule has 98 valence electrons. The van der Waals surface area contributed by atoms with E-state index >= 15 is 0 Å². The van der Waals surface area contributed by atoms with Crippen LogP contribution >= 0.6 is 12.6 Å². The van der Waals surface area contributed by atoms with Gasteiger partial charge in [0, 0.05) is 30.9 Å². The van der Waals surface area contributed by atoms with Gasteiger partial charge in [-0.1, -0.05) is 18.2 Å². The molecule has 1 aromatic heterocycles. The molecule has 0 unspecified atom stereocenters. The van der Waals surface area contributed by atoms with Crippen LogP contribution < -0.4 is 0 Å². The minimum absolute atomic E-state index is 0.0933. The second kappa shape index (κ2) is 6.38. The molecule has 0 N–H and O–H groups in total. The Kier molecular flexibility index (Phi) is 4.58. The van der Waals surface area contributed by atoms with Gasteiger partial charge in [0.1, 0.15) is 0 Å². The van der Waals surface area contributed by atoms with E-state index in [1.54, 1.807) is 17.3 Å². The fraction of sp³-hybridized carbons (Fsp3) is 0.200. The Morgan fingerprint density at radius 1 is 1.21 bits per heavy atom. The maximum Gasteiger partial charge on any atom is 0.227 e. The standard InChI is InChI=1S/C15H16N2OS/c1-17(11-13-3-2-8-16-10-13)15(18)9-12-4-6-14(19)7-5-12/h2-8,10,19H,9,11H2,1H3. The molecule has 0 fully saturated rings. The average Bonchev–Trinajstić information content (AvgIpc) is 2.42. The highest BCUT2D eigenvalue weighted by molar-refractivity contribution is 7.80. The van der Waals surface area contributed by atoms with E-state index < -0.39 is 0 Å². The molecule has 0 bridgehead atoms. The summed E-state index contributed by atoms with van der Waals surface area (Å²) in [6.07, 6.45) is 3.91. The number of benzene rings is 1. The lowest BCUT2D eigenvalue weighted by Gasteiger charge is -2.17. The number of thiol groups is 1. The fourth-order valence-corrected chi connectivity index (χ4v) is 1.93. The molecule has 0 spiro atoms. The minimum atomic E-state index is 0.0933. The van der Waals surface area contributed by atoms with Gasteiger partial charge in [-0.3, -0.25) is 9.78 Å². The Morgan fingerprint density at radius 3 is 2.58 bits per heavy atom. The summed E-state index contributed by atoms with van der Waals surface area (Å²) in [6, 6.07) is 11.5. The third-order valence-electron chi connectivity index (χ3n) is 2.86.